The van der Waals surface area contributed by atoms with E-state index in [-0.39, 0.29) is 23.8 Å². The van der Waals surface area contributed by atoms with E-state index in [9.17, 15) is 14.4 Å². The van der Waals surface area contributed by atoms with Gasteiger partial charge in [-0.2, -0.15) is 0 Å². The van der Waals surface area contributed by atoms with Gasteiger partial charge < -0.3 is 15.2 Å². The van der Waals surface area contributed by atoms with Crippen molar-refractivity contribution in [1.29, 1.82) is 0 Å². The lowest BCUT2D eigenvalue weighted by atomic mass is 10.1. The van der Waals surface area contributed by atoms with Crippen LogP contribution >= 0.6 is 0 Å². The van der Waals surface area contributed by atoms with Crippen LogP contribution in [0.3, 0.4) is 0 Å². The number of amides is 2. The molecule has 0 unspecified atom stereocenters. The standard InChI is InChI=1S/C20H21N3O3/c1-14(24)21-11-6-12-22-19(25)13-23-17-9-4-2-7-15(17)20(26)16-8-3-5-10-18(16)23/h2-5,7-10H,6,11-13H2,1H3,(H,21,24)(H,22,25). The molecule has 1 heterocycles. The van der Waals surface area contributed by atoms with Gasteiger partial charge in [-0.05, 0) is 30.7 Å². The van der Waals surface area contributed by atoms with E-state index in [4.69, 9.17) is 0 Å². The second-order valence-electron chi connectivity index (χ2n) is 6.14. The third-order valence-electron chi connectivity index (χ3n) is 4.23. The van der Waals surface area contributed by atoms with Crippen LogP contribution in [0.4, 0.5) is 0 Å². The summed E-state index contributed by atoms with van der Waals surface area (Å²) in [6.07, 6.45) is 0.664. The van der Waals surface area contributed by atoms with Crippen molar-refractivity contribution in [3.8, 4) is 0 Å². The third kappa shape index (κ3) is 3.74. The molecule has 3 aromatic rings. The van der Waals surface area contributed by atoms with Crippen molar-refractivity contribution in [2.24, 2.45) is 0 Å². The Balaban J connectivity index is 1.84. The van der Waals surface area contributed by atoms with Crippen LogP contribution in [0.2, 0.25) is 0 Å². The van der Waals surface area contributed by atoms with Gasteiger partial charge in [0.1, 0.15) is 6.54 Å². The molecule has 134 valence electrons. The van der Waals surface area contributed by atoms with Gasteiger partial charge in [0.05, 0.1) is 11.0 Å². The van der Waals surface area contributed by atoms with Crippen molar-refractivity contribution in [3.05, 3.63) is 58.8 Å². The number of fused-ring (bicyclic) bond motifs is 2. The minimum Gasteiger partial charge on any atom is -0.356 e. The molecule has 6 nitrogen and oxygen atoms in total. The highest BCUT2D eigenvalue weighted by Gasteiger charge is 2.12. The first-order valence-corrected chi connectivity index (χ1v) is 8.59. The van der Waals surface area contributed by atoms with Crippen molar-refractivity contribution in [1.82, 2.24) is 15.2 Å². The van der Waals surface area contributed by atoms with Crippen LogP contribution in [0.1, 0.15) is 13.3 Å². The van der Waals surface area contributed by atoms with Crippen molar-refractivity contribution in [2.75, 3.05) is 13.1 Å². The molecule has 0 aliphatic heterocycles. The molecule has 0 radical (unpaired) electrons. The molecule has 0 atom stereocenters. The molecular weight excluding hydrogens is 330 g/mol. The number of aromatic nitrogens is 1. The lowest BCUT2D eigenvalue weighted by Gasteiger charge is -2.15. The highest BCUT2D eigenvalue weighted by Crippen LogP contribution is 2.18. The zero-order valence-electron chi connectivity index (χ0n) is 14.6. The molecule has 0 bridgehead atoms. The Morgan fingerprint density at radius 3 is 2.00 bits per heavy atom. The zero-order valence-corrected chi connectivity index (χ0v) is 14.6. The van der Waals surface area contributed by atoms with E-state index in [0.29, 0.717) is 30.3 Å². The Hall–Kier alpha value is -3.15. The molecule has 3 rings (SSSR count). The van der Waals surface area contributed by atoms with E-state index in [1.54, 1.807) is 12.1 Å². The molecule has 2 aromatic carbocycles. The van der Waals surface area contributed by atoms with Gasteiger partial charge in [0, 0.05) is 30.8 Å². The van der Waals surface area contributed by atoms with Gasteiger partial charge in [0.25, 0.3) is 0 Å². The highest BCUT2D eigenvalue weighted by atomic mass is 16.2. The number of hydrogen-bond acceptors (Lipinski definition) is 3. The summed E-state index contributed by atoms with van der Waals surface area (Å²) >= 11 is 0. The number of nitrogens with zero attached hydrogens (tertiary/aromatic N) is 1. The van der Waals surface area contributed by atoms with Crippen LogP contribution in [0.15, 0.2) is 53.3 Å². The van der Waals surface area contributed by atoms with Gasteiger partial charge in [0.15, 0.2) is 5.43 Å². The first-order valence-electron chi connectivity index (χ1n) is 8.59. The zero-order chi connectivity index (χ0) is 18.5. The molecule has 1 aromatic heterocycles. The average molecular weight is 351 g/mol. The number of benzene rings is 2. The highest BCUT2D eigenvalue weighted by molar-refractivity contribution is 5.94. The molecule has 6 heteroatoms. The lowest BCUT2D eigenvalue weighted by molar-refractivity contribution is -0.121. The summed E-state index contributed by atoms with van der Waals surface area (Å²) in [5.74, 6) is -0.214. The summed E-state index contributed by atoms with van der Waals surface area (Å²) in [6, 6.07) is 14.6. The van der Waals surface area contributed by atoms with Gasteiger partial charge >= 0.3 is 0 Å². The number of hydrogen-bond donors (Lipinski definition) is 2. The first-order chi connectivity index (χ1) is 12.6. The number of para-hydroxylation sites is 2. The number of pyridine rings is 1. The number of nitrogens with one attached hydrogen (secondary N) is 2. The van der Waals surface area contributed by atoms with Crippen LogP contribution in [0, 0.1) is 0 Å². The van der Waals surface area contributed by atoms with E-state index in [1.165, 1.54) is 6.92 Å². The molecule has 0 aliphatic rings. The van der Waals surface area contributed by atoms with Crippen LogP contribution in [-0.4, -0.2) is 29.5 Å². The fourth-order valence-corrected chi connectivity index (χ4v) is 3.03. The van der Waals surface area contributed by atoms with Crippen molar-refractivity contribution in [2.45, 2.75) is 19.9 Å². The topological polar surface area (TPSA) is 80.2 Å². The van der Waals surface area contributed by atoms with E-state index in [2.05, 4.69) is 10.6 Å². The average Bonchev–Trinajstić information content (AvgIpc) is 2.64. The molecule has 2 amide bonds. The summed E-state index contributed by atoms with van der Waals surface area (Å²) in [5.41, 5.74) is 1.46. The Morgan fingerprint density at radius 2 is 1.42 bits per heavy atom. The van der Waals surface area contributed by atoms with E-state index in [1.807, 2.05) is 41.0 Å². The van der Waals surface area contributed by atoms with Gasteiger partial charge in [0.2, 0.25) is 11.8 Å². The van der Waals surface area contributed by atoms with E-state index < -0.39 is 0 Å². The second kappa shape index (κ2) is 7.82. The van der Waals surface area contributed by atoms with Crippen LogP contribution in [-0.2, 0) is 16.1 Å². The molecule has 0 fully saturated rings. The normalized spacial score (nSPS) is 10.8. The lowest BCUT2D eigenvalue weighted by Crippen LogP contribution is -2.31. The fourth-order valence-electron chi connectivity index (χ4n) is 3.03. The van der Waals surface area contributed by atoms with E-state index >= 15 is 0 Å². The third-order valence-corrected chi connectivity index (χ3v) is 4.23. The van der Waals surface area contributed by atoms with Crippen molar-refractivity contribution in [3.63, 3.8) is 0 Å². The molecule has 0 saturated heterocycles. The number of carbonyl (C=O) groups is 2. The maximum absolute atomic E-state index is 12.7. The van der Waals surface area contributed by atoms with Crippen LogP contribution in [0.25, 0.3) is 21.8 Å². The SMILES string of the molecule is CC(=O)NCCCNC(=O)Cn1c2ccccc2c(=O)c2ccccc21. The van der Waals surface area contributed by atoms with Gasteiger partial charge in [-0.25, -0.2) is 0 Å². The van der Waals surface area contributed by atoms with Crippen LogP contribution in [0.5, 0.6) is 0 Å². The van der Waals surface area contributed by atoms with Crippen LogP contribution < -0.4 is 16.1 Å². The van der Waals surface area contributed by atoms with Crippen molar-refractivity contribution < 1.29 is 9.59 Å². The molecular formula is C20H21N3O3. The molecule has 0 saturated carbocycles. The summed E-state index contributed by atoms with van der Waals surface area (Å²) in [4.78, 5) is 35.9. The first kappa shape index (κ1) is 17.7. The summed E-state index contributed by atoms with van der Waals surface area (Å²) in [7, 11) is 0. The Kier molecular flexibility index (Phi) is 5.31. The quantitative estimate of drug-likeness (QED) is 0.525. The maximum Gasteiger partial charge on any atom is 0.239 e. The molecule has 0 aliphatic carbocycles. The summed E-state index contributed by atoms with van der Waals surface area (Å²) in [5, 5.41) is 6.76. The van der Waals surface area contributed by atoms with E-state index in [0.717, 1.165) is 11.0 Å². The predicted octanol–water partition coefficient (Wildman–Crippen LogP) is 1.80. The largest absolute Gasteiger partial charge is 0.356 e. The smallest absolute Gasteiger partial charge is 0.239 e. The monoisotopic (exact) mass is 351 g/mol. The molecule has 26 heavy (non-hydrogen) atoms. The van der Waals surface area contributed by atoms with Gasteiger partial charge in [-0.1, -0.05) is 24.3 Å². The van der Waals surface area contributed by atoms with Gasteiger partial charge in [-0.3, -0.25) is 14.4 Å². The Labute approximate surface area is 150 Å². The predicted molar refractivity (Wildman–Crippen MR) is 102 cm³/mol. The van der Waals surface area contributed by atoms with Gasteiger partial charge in [-0.15, -0.1) is 0 Å². The number of rotatable bonds is 6. The minimum absolute atomic E-state index is 0.0248. The summed E-state index contributed by atoms with van der Waals surface area (Å²) < 4.78 is 1.87. The Bertz CT molecular complexity index is 964. The molecule has 0 spiro atoms. The Morgan fingerprint density at radius 1 is 0.885 bits per heavy atom. The van der Waals surface area contributed by atoms with Crippen molar-refractivity contribution >= 4 is 33.6 Å². The number of carbonyl (C=O) groups excluding carboxylic acids is 2. The second-order valence-corrected chi connectivity index (χ2v) is 6.14. The summed E-state index contributed by atoms with van der Waals surface area (Å²) in [6.45, 7) is 2.60. The minimum atomic E-state index is -0.133. The fraction of sp³-hybridized carbons (Fsp3) is 0.250. The maximum atomic E-state index is 12.7. The molecule has 2 N–H and O–H groups in total.